The average molecular weight is 173 g/mol. The van der Waals surface area contributed by atoms with Crippen LogP contribution in [0.15, 0.2) is 0 Å². The smallest absolute Gasteiger partial charge is 0.237 e. The summed E-state index contributed by atoms with van der Waals surface area (Å²) in [6.07, 6.45) is 0. The van der Waals surface area contributed by atoms with Gasteiger partial charge in [-0.05, 0) is 5.92 Å². The highest BCUT2D eigenvalue weighted by molar-refractivity contribution is 5.86. The van der Waals surface area contributed by atoms with E-state index in [2.05, 4.69) is 5.32 Å². The van der Waals surface area contributed by atoms with E-state index in [1.807, 2.05) is 13.8 Å². The normalized spacial score (nSPS) is 12.7. The molecular formula is C7H15N3O2. The first-order valence-corrected chi connectivity index (χ1v) is 3.76. The Labute approximate surface area is 71.5 Å². The van der Waals surface area contributed by atoms with Crippen LogP contribution in [-0.4, -0.2) is 24.4 Å². The number of hydrogen-bond acceptors (Lipinski definition) is 3. The number of rotatable bonds is 4. The van der Waals surface area contributed by atoms with Crippen molar-refractivity contribution in [3.8, 4) is 0 Å². The Kier molecular flexibility index (Phi) is 4.28. The molecule has 5 nitrogen and oxygen atoms in total. The number of nitrogens with two attached hydrogens (primary N) is 2. The van der Waals surface area contributed by atoms with Gasteiger partial charge < -0.3 is 16.8 Å². The quantitative estimate of drug-likeness (QED) is 0.486. The molecule has 12 heavy (non-hydrogen) atoms. The third kappa shape index (κ3) is 3.92. The first-order valence-electron chi connectivity index (χ1n) is 3.76. The zero-order chi connectivity index (χ0) is 9.72. The maximum Gasteiger partial charge on any atom is 0.237 e. The van der Waals surface area contributed by atoms with Gasteiger partial charge in [0.05, 0.1) is 12.6 Å². The van der Waals surface area contributed by atoms with Crippen molar-refractivity contribution in [1.29, 1.82) is 0 Å². The summed E-state index contributed by atoms with van der Waals surface area (Å²) in [6, 6.07) is -0.579. The van der Waals surface area contributed by atoms with E-state index in [1.54, 1.807) is 0 Å². The summed E-state index contributed by atoms with van der Waals surface area (Å²) in [4.78, 5) is 21.3. The lowest BCUT2D eigenvalue weighted by Gasteiger charge is -2.14. The van der Waals surface area contributed by atoms with Crippen molar-refractivity contribution in [3.05, 3.63) is 0 Å². The van der Waals surface area contributed by atoms with Gasteiger partial charge >= 0.3 is 0 Å². The van der Waals surface area contributed by atoms with Gasteiger partial charge in [0.15, 0.2) is 0 Å². The highest BCUT2D eigenvalue weighted by atomic mass is 16.2. The summed E-state index contributed by atoms with van der Waals surface area (Å²) in [7, 11) is 0. The zero-order valence-corrected chi connectivity index (χ0v) is 7.33. The van der Waals surface area contributed by atoms with Crippen molar-refractivity contribution in [2.45, 2.75) is 19.9 Å². The third-order valence-corrected chi connectivity index (χ3v) is 1.46. The lowest BCUT2D eigenvalue weighted by Crippen LogP contribution is -2.46. The molecule has 1 atom stereocenters. The Morgan fingerprint density at radius 2 is 1.92 bits per heavy atom. The minimum absolute atomic E-state index is 0.0536. The number of amides is 2. The van der Waals surface area contributed by atoms with Gasteiger partial charge in [0.25, 0.3) is 0 Å². The molecule has 0 radical (unpaired) electrons. The predicted octanol–water partition coefficient (Wildman–Crippen LogP) is -1.43. The fraction of sp³-hybridized carbons (Fsp3) is 0.714. The lowest BCUT2D eigenvalue weighted by molar-refractivity contribution is -0.126. The topological polar surface area (TPSA) is 98.2 Å². The first kappa shape index (κ1) is 10.9. The molecule has 5 heteroatoms. The highest BCUT2D eigenvalue weighted by Gasteiger charge is 2.16. The van der Waals surface area contributed by atoms with E-state index in [0.717, 1.165) is 0 Å². The van der Waals surface area contributed by atoms with Crippen molar-refractivity contribution in [2.24, 2.45) is 17.4 Å². The molecule has 0 saturated heterocycles. The van der Waals surface area contributed by atoms with E-state index in [0.29, 0.717) is 0 Å². The minimum Gasteiger partial charge on any atom is -0.368 e. The van der Waals surface area contributed by atoms with Crippen LogP contribution < -0.4 is 16.8 Å². The van der Waals surface area contributed by atoms with Gasteiger partial charge in [-0.15, -0.1) is 0 Å². The number of nitrogens with one attached hydrogen (secondary N) is 1. The molecule has 0 unspecified atom stereocenters. The number of carbonyl (C=O) groups is 2. The third-order valence-electron chi connectivity index (χ3n) is 1.46. The zero-order valence-electron chi connectivity index (χ0n) is 7.33. The van der Waals surface area contributed by atoms with Crippen LogP contribution in [0, 0.1) is 5.92 Å². The van der Waals surface area contributed by atoms with Gasteiger partial charge in [0.1, 0.15) is 0 Å². The van der Waals surface area contributed by atoms with Crippen LogP contribution in [0.4, 0.5) is 0 Å². The molecule has 70 valence electrons. The number of primary amides is 1. The Morgan fingerprint density at radius 3 is 2.25 bits per heavy atom. The van der Waals surface area contributed by atoms with Gasteiger partial charge in [-0.25, -0.2) is 0 Å². The first-order chi connectivity index (χ1) is 5.45. The van der Waals surface area contributed by atoms with E-state index >= 15 is 0 Å². The van der Waals surface area contributed by atoms with Gasteiger partial charge in [-0.3, -0.25) is 9.59 Å². The van der Waals surface area contributed by atoms with Crippen LogP contribution in [0.1, 0.15) is 13.8 Å². The minimum atomic E-state index is -0.579. The largest absolute Gasteiger partial charge is 0.368 e. The van der Waals surface area contributed by atoms with E-state index in [4.69, 9.17) is 11.5 Å². The van der Waals surface area contributed by atoms with Crippen molar-refractivity contribution < 1.29 is 9.59 Å². The SMILES string of the molecule is CC(C)[C@@H](N)C(=O)NCC(N)=O. The summed E-state index contributed by atoms with van der Waals surface area (Å²) >= 11 is 0. The van der Waals surface area contributed by atoms with Crippen molar-refractivity contribution in [2.75, 3.05) is 6.54 Å². The van der Waals surface area contributed by atoms with Crippen molar-refractivity contribution in [3.63, 3.8) is 0 Å². The molecule has 0 rings (SSSR count). The molecule has 2 amide bonds. The fourth-order valence-corrected chi connectivity index (χ4v) is 0.595. The summed E-state index contributed by atoms with van der Waals surface area (Å²) in [5, 5.41) is 2.32. The van der Waals surface area contributed by atoms with Crippen LogP contribution in [0.25, 0.3) is 0 Å². The Balaban J connectivity index is 3.80. The van der Waals surface area contributed by atoms with Gasteiger partial charge in [0, 0.05) is 0 Å². The second-order valence-electron chi connectivity index (χ2n) is 2.95. The molecule has 0 aromatic rings. The monoisotopic (exact) mass is 173 g/mol. The van der Waals surface area contributed by atoms with E-state index in [-0.39, 0.29) is 18.4 Å². The van der Waals surface area contributed by atoms with E-state index < -0.39 is 11.9 Å². The summed E-state index contributed by atoms with van der Waals surface area (Å²) in [5.41, 5.74) is 10.3. The second-order valence-corrected chi connectivity index (χ2v) is 2.95. The molecule has 0 aromatic heterocycles. The van der Waals surface area contributed by atoms with E-state index in [1.165, 1.54) is 0 Å². The molecule has 0 aromatic carbocycles. The van der Waals surface area contributed by atoms with E-state index in [9.17, 15) is 9.59 Å². The van der Waals surface area contributed by atoms with Gasteiger partial charge in [0.2, 0.25) is 11.8 Å². The van der Waals surface area contributed by atoms with Crippen LogP contribution >= 0.6 is 0 Å². The van der Waals surface area contributed by atoms with Crippen molar-refractivity contribution >= 4 is 11.8 Å². The Bertz CT molecular complexity index is 179. The standard InChI is InChI=1S/C7H15N3O2/c1-4(2)6(9)7(12)10-3-5(8)11/h4,6H,3,9H2,1-2H3,(H2,8,11)(H,10,12)/t6-/m1/s1. The maximum absolute atomic E-state index is 11.0. The average Bonchev–Trinajstić information content (AvgIpc) is 1.98. The van der Waals surface area contributed by atoms with Gasteiger partial charge in [-0.1, -0.05) is 13.8 Å². The number of carbonyl (C=O) groups excluding carboxylic acids is 2. The summed E-state index contributed by atoms with van der Waals surface area (Å²) in [5.74, 6) is -0.860. The summed E-state index contributed by atoms with van der Waals surface area (Å²) < 4.78 is 0. The molecule has 5 N–H and O–H groups in total. The maximum atomic E-state index is 11.0. The van der Waals surface area contributed by atoms with Crippen LogP contribution in [0.3, 0.4) is 0 Å². The molecule has 0 heterocycles. The number of hydrogen-bond donors (Lipinski definition) is 3. The Hall–Kier alpha value is -1.10. The van der Waals surface area contributed by atoms with Crippen LogP contribution in [0.5, 0.6) is 0 Å². The Morgan fingerprint density at radius 1 is 1.42 bits per heavy atom. The van der Waals surface area contributed by atoms with Gasteiger partial charge in [-0.2, -0.15) is 0 Å². The highest BCUT2D eigenvalue weighted by Crippen LogP contribution is 1.96. The molecular weight excluding hydrogens is 158 g/mol. The molecule has 0 aliphatic carbocycles. The second kappa shape index (κ2) is 4.71. The van der Waals surface area contributed by atoms with Crippen LogP contribution in [0.2, 0.25) is 0 Å². The van der Waals surface area contributed by atoms with Crippen molar-refractivity contribution in [1.82, 2.24) is 5.32 Å². The lowest BCUT2D eigenvalue weighted by atomic mass is 10.1. The summed E-state index contributed by atoms with van der Waals surface area (Å²) in [6.45, 7) is 3.50. The molecule has 0 saturated carbocycles. The molecule has 0 aliphatic rings. The fourth-order valence-electron chi connectivity index (χ4n) is 0.595. The molecule has 0 bridgehead atoms. The molecule has 0 spiro atoms. The molecule has 0 fully saturated rings. The molecule has 0 aliphatic heterocycles. The predicted molar refractivity (Wildman–Crippen MR) is 45.0 cm³/mol. The van der Waals surface area contributed by atoms with Crippen LogP contribution in [-0.2, 0) is 9.59 Å².